The van der Waals surface area contributed by atoms with Crippen molar-refractivity contribution in [3.8, 4) is 0 Å². The Balaban J connectivity index is 1.36. The van der Waals surface area contributed by atoms with Crippen molar-refractivity contribution in [3.05, 3.63) is 27.7 Å². The lowest BCUT2D eigenvalue weighted by Gasteiger charge is -2.55. The smallest absolute Gasteiger partial charge is 0.312 e. The first kappa shape index (κ1) is 18.0. The molecule has 4 fully saturated rings. The molecule has 5 rings (SSSR count). The van der Waals surface area contributed by atoms with Crippen LogP contribution in [-0.2, 0) is 14.3 Å². The number of carbonyl (C=O) groups excluding carboxylic acids is 2. The molecule has 0 saturated heterocycles. The molecular formula is C21H26BrNO3. The summed E-state index contributed by atoms with van der Waals surface area (Å²) in [4.78, 5) is 25.1. The van der Waals surface area contributed by atoms with E-state index in [1.165, 1.54) is 19.3 Å². The molecular weight excluding hydrogens is 394 g/mol. The van der Waals surface area contributed by atoms with E-state index < -0.39 is 0 Å². The van der Waals surface area contributed by atoms with Crippen molar-refractivity contribution in [1.82, 2.24) is 0 Å². The van der Waals surface area contributed by atoms with Crippen LogP contribution >= 0.6 is 15.9 Å². The van der Waals surface area contributed by atoms with Crippen LogP contribution in [0.1, 0.15) is 49.7 Å². The van der Waals surface area contributed by atoms with Crippen LogP contribution in [0.2, 0.25) is 0 Å². The van der Waals surface area contributed by atoms with Crippen LogP contribution in [0.3, 0.4) is 0 Å². The minimum atomic E-state index is -0.306. The fraction of sp³-hybridized carbons (Fsp3) is 0.619. The first-order valence-electron chi connectivity index (χ1n) is 9.59. The van der Waals surface area contributed by atoms with E-state index in [9.17, 15) is 9.59 Å². The summed E-state index contributed by atoms with van der Waals surface area (Å²) in [7, 11) is 0. The first-order valence-corrected chi connectivity index (χ1v) is 10.4. The van der Waals surface area contributed by atoms with Gasteiger partial charge in [0.05, 0.1) is 5.41 Å². The van der Waals surface area contributed by atoms with E-state index in [0.29, 0.717) is 17.8 Å². The van der Waals surface area contributed by atoms with Crippen LogP contribution in [0, 0.1) is 37.0 Å². The highest BCUT2D eigenvalue weighted by Gasteiger charge is 2.55. The van der Waals surface area contributed by atoms with Crippen molar-refractivity contribution >= 4 is 33.5 Å². The summed E-state index contributed by atoms with van der Waals surface area (Å²) in [6.45, 7) is 3.77. The average molecular weight is 420 g/mol. The van der Waals surface area contributed by atoms with Crippen LogP contribution in [0.5, 0.6) is 0 Å². The molecule has 1 N–H and O–H groups in total. The Morgan fingerprint density at radius 3 is 2.23 bits per heavy atom. The number of nitrogens with one attached hydrogen (secondary N) is 1. The van der Waals surface area contributed by atoms with Crippen molar-refractivity contribution in [2.45, 2.75) is 52.4 Å². The lowest BCUT2D eigenvalue weighted by molar-refractivity contribution is -0.172. The van der Waals surface area contributed by atoms with Gasteiger partial charge in [-0.05, 0) is 93.4 Å². The summed E-state index contributed by atoms with van der Waals surface area (Å²) in [6, 6.07) is 3.78. The Kier molecular flexibility index (Phi) is 4.62. The highest BCUT2D eigenvalue weighted by Crippen LogP contribution is 2.60. The van der Waals surface area contributed by atoms with Crippen molar-refractivity contribution in [2.75, 3.05) is 11.9 Å². The van der Waals surface area contributed by atoms with E-state index in [1.807, 2.05) is 26.0 Å². The number of amides is 1. The van der Waals surface area contributed by atoms with E-state index in [1.54, 1.807) is 0 Å². The number of hydrogen-bond acceptors (Lipinski definition) is 3. The van der Waals surface area contributed by atoms with Crippen molar-refractivity contribution in [3.63, 3.8) is 0 Å². The molecule has 0 aromatic heterocycles. The minimum absolute atomic E-state index is 0.143. The Labute approximate surface area is 163 Å². The van der Waals surface area contributed by atoms with Gasteiger partial charge in [-0.1, -0.05) is 15.9 Å². The average Bonchev–Trinajstić information content (AvgIpc) is 2.59. The second-order valence-corrected chi connectivity index (χ2v) is 9.52. The minimum Gasteiger partial charge on any atom is -0.455 e. The molecule has 0 radical (unpaired) electrons. The highest BCUT2D eigenvalue weighted by molar-refractivity contribution is 9.10. The number of halogens is 1. The lowest BCUT2D eigenvalue weighted by Crippen LogP contribution is -2.50. The van der Waals surface area contributed by atoms with Crippen molar-refractivity contribution in [2.24, 2.45) is 23.2 Å². The molecule has 0 heterocycles. The van der Waals surface area contributed by atoms with Gasteiger partial charge in [0.25, 0.3) is 5.91 Å². The van der Waals surface area contributed by atoms with E-state index in [-0.39, 0.29) is 23.9 Å². The summed E-state index contributed by atoms with van der Waals surface area (Å²) >= 11 is 3.49. The Morgan fingerprint density at radius 1 is 1.08 bits per heavy atom. The molecule has 1 aromatic carbocycles. The Morgan fingerprint density at radius 2 is 1.65 bits per heavy atom. The molecule has 4 saturated carbocycles. The third-order valence-electron chi connectivity index (χ3n) is 6.80. The van der Waals surface area contributed by atoms with Crippen LogP contribution < -0.4 is 5.32 Å². The third-order valence-corrected chi connectivity index (χ3v) is 7.66. The number of carbonyl (C=O) groups is 2. The highest BCUT2D eigenvalue weighted by atomic mass is 79.9. The lowest BCUT2D eigenvalue weighted by atomic mass is 9.49. The molecule has 0 atom stereocenters. The van der Waals surface area contributed by atoms with Gasteiger partial charge in [0.1, 0.15) is 0 Å². The van der Waals surface area contributed by atoms with E-state index in [4.69, 9.17) is 4.74 Å². The van der Waals surface area contributed by atoms with Crippen molar-refractivity contribution < 1.29 is 14.3 Å². The van der Waals surface area contributed by atoms with Gasteiger partial charge in [0.15, 0.2) is 6.61 Å². The van der Waals surface area contributed by atoms with Crippen LogP contribution in [-0.4, -0.2) is 18.5 Å². The Hall–Kier alpha value is -1.36. The molecule has 4 aliphatic carbocycles. The molecule has 4 aliphatic rings. The van der Waals surface area contributed by atoms with E-state index >= 15 is 0 Å². The van der Waals surface area contributed by atoms with Gasteiger partial charge in [0.2, 0.25) is 0 Å². The van der Waals surface area contributed by atoms with Crippen LogP contribution in [0.25, 0.3) is 0 Å². The number of anilines is 1. The largest absolute Gasteiger partial charge is 0.455 e. The molecule has 0 unspecified atom stereocenters. The molecule has 4 nitrogen and oxygen atoms in total. The molecule has 5 heteroatoms. The SMILES string of the molecule is Cc1c(Br)ccc(NC(=O)COC(=O)C23CC4CC(CC(C4)C2)C3)c1C. The molecule has 1 aromatic rings. The quantitative estimate of drug-likeness (QED) is 0.715. The van der Waals surface area contributed by atoms with Gasteiger partial charge in [-0.2, -0.15) is 0 Å². The summed E-state index contributed by atoms with van der Waals surface area (Å²) in [5.74, 6) is 1.66. The molecule has 26 heavy (non-hydrogen) atoms. The second kappa shape index (κ2) is 6.66. The maximum atomic E-state index is 12.8. The zero-order chi connectivity index (χ0) is 18.5. The molecule has 1 amide bonds. The summed E-state index contributed by atoms with van der Waals surface area (Å²) in [6.07, 6.45) is 6.75. The van der Waals surface area contributed by atoms with Gasteiger partial charge in [-0.15, -0.1) is 0 Å². The topological polar surface area (TPSA) is 55.4 Å². The Bertz CT molecular complexity index is 723. The van der Waals surface area contributed by atoms with Gasteiger partial charge < -0.3 is 10.1 Å². The number of ether oxygens (including phenoxy) is 1. The number of rotatable bonds is 4. The molecule has 0 aliphatic heterocycles. The summed E-state index contributed by atoms with van der Waals surface area (Å²) < 4.78 is 6.51. The molecule has 0 spiro atoms. The predicted octanol–water partition coefficient (Wildman–Crippen LogP) is 4.76. The normalized spacial score (nSPS) is 31.7. The van der Waals surface area contributed by atoms with Crippen LogP contribution in [0.15, 0.2) is 16.6 Å². The first-order chi connectivity index (χ1) is 12.4. The van der Waals surface area contributed by atoms with Gasteiger partial charge in [0, 0.05) is 10.2 Å². The standard InChI is InChI=1S/C21H26BrNO3/c1-12-13(2)18(4-3-17(12)22)23-19(24)11-26-20(25)21-8-14-5-15(9-21)7-16(6-14)10-21/h3-4,14-16H,5-11H2,1-2H3,(H,23,24). The zero-order valence-electron chi connectivity index (χ0n) is 15.4. The maximum Gasteiger partial charge on any atom is 0.312 e. The van der Waals surface area contributed by atoms with Crippen molar-refractivity contribution in [1.29, 1.82) is 0 Å². The van der Waals surface area contributed by atoms with E-state index in [2.05, 4.69) is 21.2 Å². The fourth-order valence-electron chi connectivity index (χ4n) is 5.75. The molecule has 140 valence electrons. The third kappa shape index (κ3) is 3.19. The zero-order valence-corrected chi connectivity index (χ0v) is 17.0. The second-order valence-electron chi connectivity index (χ2n) is 8.67. The van der Waals surface area contributed by atoms with Gasteiger partial charge in [-0.3, -0.25) is 9.59 Å². The number of benzene rings is 1. The predicted molar refractivity (Wildman–Crippen MR) is 104 cm³/mol. The summed E-state index contributed by atoms with van der Waals surface area (Å²) in [5, 5.41) is 2.87. The summed E-state index contributed by atoms with van der Waals surface area (Å²) in [5.41, 5.74) is 2.56. The number of esters is 1. The fourth-order valence-corrected chi connectivity index (χ4v) is 6.18. The molecule has 4 bridgehead atoms. The van der Waals surface area contributed by atoms with Gasteiger partial charge >= 0.3 is 5.97 Å². The van der Waals surface area contributed by atoms with Crippen LogP contribution in [0.4, 0.5) is 5.69 Å². The van der Waals surface area contributed by atoms with Gasteiger partial charge in [-0.25, -0.2) is 0 Å². The van der Waals surface area contributed by atoms with E-state index in [0.717, 1.165) is 40.5 Å². The number of hydrogen-bond donors (Lipinski definition) is 1. The maximum absolute atomic E-state index is 12.8. The monoisotopic (exact) mass is 419 g/mol.